The molecule has 0 unspecified atom stereocenters. The average Bonchev–Trinajstić information content (AvgIpc) is 2.78. The van der Waals surface area contributed by atoms with E-state index in [1.54, 1.807) is 0 Å². The van der Waals surface area contributed by atoms with E-state index in [1.807, 2.05) is 0 Å². The lowest BCUT2D eigenvalue weighted by molar-refractivity contribution is -0.170. The molecule has 3 fully saturated rings. The summed E-state index contributed by atoms with van der Waals surface area (Å²) >= 11 is 0. The highest BCUT2D eigenvalue weighted by Gasteiger charge is 2.58. The third-order valence-corrected chi connectivity index (χ3v) is 10.0. The summed E-state index contributed by atoms with van der Waals surface area (Å²) in [4.78, 5) is 12.6. The van der Waals surface area contributed by atoms with Crippen molar-refractivity contribution in [2.24, 2.45) is 22.2 Å². The Hall–Kier alpha value is -0.530. The molecular formula is C27H48O2. The Morgan fingerprint density at radius 3 is 1.97 bits per heavy atom. The fraction of sp³-hybridized carbons (Fsp3) is 0.963. The summed E-state index contributed by atoms with van der Waals surface area (Å²) in [5.41, 5.74) is 0.156. The Labute approximate surface area is 180 Å². The number of hydrogen-bond donors (Lipinski definition) is 1. The van der Waals surface area contributed by atoms with Gasteiger partial charge in [0, 0.05) is 0 Å². The van der Waals surface area contributed by atoms with Crippen LogP contribution in [0.2, 0.25) is 0 Å². The minimum atomic E-state index is -0.466. The summed E-state index contributed by atoms with van der Waals surface area (Å²) in [5, 5.41) is 10.4. The summed E-state index contributed by atoms with van der Waals surface area (Å²) in [5.74, 6) is 0.451. The zero-order valence-corrected chi connectivity index (χ0v) is 19.6. The molecule has 0 aromatic rings. The maximum Gasteiger partial charge on any atom is 0.310 e. The molecule has 0 amide bonds. The van der Waals surface area contributed by atoms with E-state index in [-0.39, 0.29) is 5.41 Å². The number of rotatable bonds is 9. The van der Waals surface area contributed by atoms with Gasteiger partial charge in [-0.1, -0.05) is 78.1 Å². The average molecular weight is 405 g/mol. The smallest absolute Gasteiger partial charge is 0.310 e. The van der Waals surface area contributed by atoms with Crippen molar-refractivity contribution in [1.29, 1.82) is 0 Å². The van der Waals surface area contributed by atoms with Crippen molar-refractivity contribution in [2.45, 2.75) is 142 Å². The van der Waals surface area contributed by atoms with Crippen LogP contribution in [0.4, 0.5) is 0 Å². The molecule has 0 aromatic heterocycles. The van der Waals surface area contributed by atoms with Gasteiger partial charge in [0.25, 0.3) is 0 Å². The van der Waals surface area contributed by atoms with Gasteiger partial charge in [0.1, 0.15) is 0 Å². The Morgan fingerprint density at radius 2 is 1.41 bits per heavy atom. The predicted molar refractivity (Wildman–Crippen MR) is 122 cm³/mol. The van der Waals surface area contributed by atoms with Gasteiger partial charge in [0.2, 0.25) is 0 Å². The minimum Gasteiger partial charge on any atom is -0.481 e. The van der Waals surface area contributed by atoms with Gasteiger partial charge in [-0.05, 0) is 81.0 Å². The molecular weight excluding hydrogens is 356 g/mol. The highest BCUT2D eigenvalue weighted by Crippen LogP contribution is 2.64. The van der Waals surface area contributed by atoms with Crippen LogP contribution in [0.25, 0.3) is 0 Å². The van der Waals surface area contributed by atoms with E-state index in [1.165, 1.54) is 96.3 Å². The number of unbranched alkanes of at least 4 members (excludes halogenated alkanes) is 3. The van der Waals surface area contributed by atoms with E-state index < -0.39 is 11.4 Å². The van der Waals surface area contributed by atoms with Crippen LogP contribution in [0.1, 0.15) is 142 Å². The van der Waals surface area contributed by atoms with Crippen molar-refractivity contribution in [2.75, 3.05) is 0 Å². The second-order valence-corrected chi connectivity index (χ2v) is 11.1. The van der Waals surface area contributed by atoms with Crippen LogP contribution in [0.15, 0.2) is 0 Å². The van der Waals surface area contributed by atoms with E-state index in [9.17, 15) is 9.90 Å². The lowest BCUT2D eigenvalue weighted by atomic mass is 9.46. The molecule has 1 N–H and O–H groups in total. The van der Waals surface area contributed by atoms with Gasteiger partial charge < -0.3 is 5.11 Å². The number of carbonyl (C=O) groups is 1. The van der Waals surface area contributed by atoms with Crippen molar-refractivity contribution >= 4 is 5.97 Å². The third-order valence-electron chi connectivity index (χ3n) is 10.0. The number of aliphatic carboxylic acids is 1. The van der Waals surface area contributed by atoms with E-state index in [4.69, 9.17) is 0 Å². The maximum absolute atomic E-state index is 12.6. The second-order valence-electron chi connectivity index (χ2n) is 11.1. The SMILES string of the molecule is CCCCCCC1(C2CCCCC2)CCC(CC)(C2(C(=O)O)CCCCC2)CC1. The van der Waals surface area contributed by atoms with Gasteiger partial charge in [-0.2, -0.15) is 0 Å². The molecule has 3 rings (SSSR count). The van der Waals surface area contributed by atoms with Crippen LogP contribution in [0.3, 0.4) is 0 Å². The zero-order chi connectivity index (χ0) is 20.8. The van der Waals surface area contributed by atoms with Crippen molar-refractivity contribution in [1.82, 2.24) is 0 Å². The molecule has 0 atom stereocenters. The van der Waals surface area contributed by atoms with Gasteiger partial charge in [0.15, 0.2) is 0 Å². The fourth-order valence-corrected chi connectivity index (χ4v) is 8.00. The Kier molecular flexibility index (Phi) is 8.13. The Balaban J connectivity index is 1.78. The van der Waals surface area contributed by atoms with E-state index in [0.29, 0.717) is 5.41 Å². The molecule has 2 nitrogen and oxygen atoms in total. The molecule has 3 aliphatic rings. The van der Waals surface area contributed by atoms with Crippen LogP contribution in [0.5, 0.6) is 0 Å². The number of carboxylic acid groups (broad SMARTS) is 1. The van der Waals surface area contributed by atoms with Crippen LogP contribution < -0.4 is 0 Å². The molecule has 3 saturated carbocycles. The van der Waals surface area contributed by atoms with Gasteiger partial charge >= 0.3 is 5.97 Å². The molecule has 0 spiro atoms. The van der Waals surface area contributed by atoms with Gasteiger partial charge in [-0.25, -0.2) is 0 Å². The molecule has 0 radical (unpaired) electrons. The monoisotopic (exact) mass is 404 g/mol. The van der Waals surface area contributed by atoms with Crippen LogP contribution in [-0.2, 0) is 4.79 Å². The molecule has 0 heterocycles. The normalized spacial score (nSPS) is 33.4. The molecule has 2 heteroatoms. The first-order chi connectivity index (χ1) is 14.0. The minimum absolute atomic E-state index is 0.0564. The molecule has 29 heavy (non-hydrogen) atoms. The van der Waals surface area contributed by atoms with Crippen molar-refractivity contribution in [3.05, 3.63) is 0 Å². The van der Waals surface area contributed by atoms with E-state index >= 15 is 0 Å². The second kappa shape index (κ2) is 10.2. The van der Waals surface area contributed by atoms with E-state index in [2.05, 4.69) is 13.8 Å². The standard InChI is InChI=1S/C27H48O2/c1-3-5-6-11-16-25(23-14-9-7-10-15-23)19-21-26(4-2,22-20-25)27(24(28)29)17-12-8-13-18-27/h23H,3-22H2,1-2H3,(H,28,29). The third kappa shape index (κ3) is 4.57. The summed E-state index contributed by atoms with van der Waals surface area (Å²) in [6.07, 6.45) is 25.5. The first-order valence-corrected chi connectivity index (χ1v) is 13.3. The first-order valence-electron chi connectivity index (χ1n) is 13.3. The molecule has 0 bridgehead atoms. The molecule has 0 saturated heterocycles. The highest BCUT2D eigenvalue weighted by atomic mass is 16.4. The Bertz CT molecular complexity index is 503. The van der Waals surface area contributed by atoms with E-state index in [0.717, 1.165) is 38.0 Å². The zero-order valence-electron chi connectivity index (χ0n) is 19.6. The summed E-state index contributed by atoms with van der Waals surface area (Å²) in [6.45, 7) is 4.61. The highest BCUT2D eigenvalue weighted by molar-refractivity contribution is 5.76. The molecule has 3 aliphatic carbocycles. The summed E-state index contributed by atoms with van der Waals surface area (Å²) in [6, 6.07) is 0. The summed E-state index contributed by atoms with van der Waals surface area (Å²) < 4.78 is 0. The summed E-state index contributed by atoms with van der Waals surface area (Å²) in [7, 11) is 0. The largest absolute Gasteiger partial charge is 0.481 e. The number of carboxylic acids is 1. The van der Waals surface area contributed by atoms with Crippen LogP contribution in [0, 0.1) is 22.2 Å². The Morgan fingerprint density at radius 1 is 0.793 bits per heavy atom. The van der Waals surface area contributed by atoms with Crippen LogP contribution >= 0.6 is 0 Å². The first kappa shape index (κ1) is 23.1. The lowest BCUT2D eigenvalue weighted by Gasteiger charge is -2.57. The molecule has 0 aliphatic heterocycles. The van der Waals surface area contributed by atoms with Crippen LogP contribution in [-0.4, -0.2) is 11.1 Å². The van der Waals surface area contributed by atoms with Gasteiger partial charge in [0.05, 0.1) is 5.41 Å². The molecule has 0 aromatic carbocycles. The number of hydrogen-bond acceptors (Lipinski definition) is 1. The van der Waals surface area contributed by atoms with Gasteiger partial charge in [-0.15, -0.1) is 0 Å². The van der Waals surface area contributed by atoms with Crippen molar-refractivity contribution in [3.8, 4) is 0 Å². The fourth-order valence-electron chi connectivity index (χ4n) is 8.00. The quantitative estimate of drug-likeness (QED) is 0.391. The predicted octanol–water partition coefficient (Wildman–Crippen LogP) is 8.53. The topological polar surface area (TPSA) is 37.3 Å². The van der Waals surface area contributed by atoms with Crippen molar-refractivity contribution < 1.29 is 9.90 Å². The maximum atomic E-state index is 12.6. The van der Waals surface area contributed by atoms with Crippen molar-refractivity contribution in [3.63, 3.8) is 0 Å². The van der Waals surface area contributed by atoms with Gasteiger partial charge in [-0.3, -0.25) is 4.79 Å². The lowest BCUT2D eigenvalue weighted by Crippen LogP contribution is -2.52. The molecule has 168 valence electrons.